The van der Waals surface area contributed by atoms with Gasteiger partial charge in [0.05, 0.1) is 23.8 Å². The Morgan fingerprint density at radius 1 is 1.09 bits per heavy atom. The molecule has 0 bridgehead atoms. The minimum absolute atomic E-state index is 0.337. The Balaban J connectivity index is 1.90. The number of fused-ring (bicyclic) bond motifs is 1. The first-order chi connectivity index (χ1) is 11.1. The highest BCUT2D eigenvalue weighted by Crippen LogP contribution is 2.28. The molecule has 3 rings (SSSR count). The Labute approximate surface area is 131 Å². The van der Waals surface area contributed by atoms with E-state index in [1.165, 1.54) is 6.20 Å². The van der Waals surface area contributed by atoms with Crippen LogP contribution < -0.4 is 15.2 Å². The SMILES string of the molecule is COc1ccc(C(=O)Oc2c[nH]c3c(C(N)=O)cccc23)cc1. The fourth-order valence-corrected chi connectivity index (χ4v) is 2.30. The van der Waals surface area contributed by atoms with Gasteiger partial charge in [0.1, 0.15) is 5.75 Å². The molecule has 116 valence electrons. The zero-order valence-electron chi connectivity index (χ0n) is 12.3. The number of nitrogens with two attached hydrogens (primary N) is 1. The average Bonchev–Trinajstić information content (AvgIpc) is 2.97. The lowest BCUT2D eigenvalue weighted by Gasteiger charge is -2.04. The number of aromatic nitrogens is 1. The maximum atomic E-state index is 12.2. The number of methoxy groups -OCH3 is 1. The second-order valence-electron chi connectivity index (χ2n) is 4.86. The van der Waals surface area contributed by atoms with Crippen molar-refractivity contribution in [3.63, 3.8) is 0 Å². The molecule has 3 N–H and O–H groups in total. The third-order valence-corrected chi connectivity index (χ3v) is 3.47. The summed E-state index contributed by atoms with van der Waals surface area (Å²) in [6, 6.07) is 11.6. The molecular weight excluding hydrogens is 296 g/mol. The quantitative estimate of drug-likeness (QED) is 0.724. The van der Waals surface area contributed by atoms with E-state index in [-0.39, 0.29) is 0 Å². The number of esters is 1. The van der Waals surface area contributed by atoms with Crippen molar-refractivity contribution in [3.8, 4) is 11.5 Å². The smallest absolute Gasteiger partial charge is 0.343 e. The molecule has 0 aliphatic carbocycles. The lowest BCUT2D eigenvalue weighted by atomic mass is 10.1. The van der Waals surface area contributed by atoms with E-state index in [0.717, 1.165) is 0 Å². The van der Waals surface area contributed by atoms with Crippen molar-refractivity contribution in [1.82, 2.24) is 4.98 Å². The zero-order chi connectivity index (χ0) is 16.4. The first-order valence-electron chi connectivity index (χ1n) is 6.86. The van der Waals surface area contributed by atoms with Gasteiger partial charge in [-0.25, -0.2) is 4.79 Å². The minimum atomic E-state index is -0.550. The Morgan fingerprint density at radius 2 is 1.83 bits per heavy atom. The van der Waals surface area contributed by atoms with E-state index >= 15 is 0 Å². The largest absolute Gasteiger partial charge is 0.497 e. The van der Waals surface area contributed by atoms with Gasteiger partial charge in [0.25, 0.3) is 5.91 Å². The topological polar surface area (TPSA) is 94.4 Å². The van der Waals surface area contributed by atoms with E-state index in [0.29, 0.717) is 33.5 Å². The van der Waals surface area contributed by atoms with Crippen molar-refractivity contribution in [2.45, 2.75) is 0 Å². The molecule has 1 amide bonds. The number of amides is 1. The van der Waals surface area contributed by atoms with Crippen LogP contribution in [-0.4, -0.2) is 24.0 Å². The number of hydrogen-bond donors (Lipinski definition) is 2. The summed E-state index contributed by atoms with van der Waals surface area (Å²) in [5.74, 6) is -0.0628. The first-order valence-corrected chi connectivity index (χ1v) is 6.86. The van der Waals surface area contributed by atoms with Crippen molar-refractivity contribution < 1.29 is 19.1 Å². The summed E-state index contributed by atoms with van der Waals surface area (Å²) in [6.45, 7) is 0. The third-order valence-electron chi connectivity index (χ3n) is 3.47. The van der Waals surface area contributed by atoms with Crippen molar-refractivity contribution >= 4 is 22.8 Å². The number of para-hydroxylation sites is 1. The Bertz CT molecular complexity index is 881. The van der Waals surface area contributed by atoms with Crippen LogP contribution in [0.2, 0.25) is 0 Å². The van der Waals surface area contributed by atoms with Crippen LogP contribution in [0.25, 0.3) is 10.9 Å². The number of primary amides is 1. The van der Waals surface area contributed by atoms with Crippen LogP contribution in [0.3, 0.4) is 0 Å². The molecular formula is C17H14N2O4. The summed E-state index contributed by atoms with van der Waals surface area (Å²) in [5, 5.41) is 0.614. The number of carbonyl (C=O) groups is 2. The van der Waals surface area contributed by atoms with Gasteiger partial charge in [0.2, 0.25) is 0 Å². The molecule has 1 heterocycles. The number of H-pyrrole nitrogens is 1. The monoisotopic (exact) mass is 310 g/mol. The van der Waals surface area contributed by atoms with Gasteiger partial charge in [0, 0.05) is 11.6 Å². The number of hydrogen-bond acceptors (Lipinski definition) is 4. The highest BCUT2D eigenvalue weighted by molar-refractivity contribution is 6.07. The highest BCUT2D eigenvalue weighted by Gasteiger charge is 2.15. The van der Waals surface area contributed by atoms with Gasteiger partial charge in [-0.1, -0.05) is 6.07 Å². The van der Waals surface area contributed by atoms with Crippen LogP contribution in [0.1, 0.15) is 20.7 Å². The second kappa shape index (κ2) is 5.84. The molecule has 0 radical (unpaired) electrons. The van der Waals surface area contributed by atoms with Gasteiger partial charge < -0.3 is 20.2 Å². The molecule has 0 unspecified atom stereocenters. The van der Waals surface area contributed by atoms with Crippen LogP contribution in [-0.2, 0) is 0 Å². The molecule has 3 aromatic rings. The lowest BCUT2D eigenvalue weighted by molar-refractivity contribution is 0.0737. The van der Waals surface area contributed by atoms with Gasteiger partial charge >= 0.3 is 5.97 Å². The maximum absolute atomic E-state index is 12.2. The lowest BCUT2D eigenvalue weighted by Crippen LogP contribution is -2.11. The van der Waals surface area contributed by atoms with Crippen molar-refractivity contribution in [3.05, 3.63) is 59.8 Å². The molecule has 0 aliphatic rings. The van der Waals surface area contributed by atoms with Crippen LogP contribution in [0, 0.1) is 0 Å². The normalized spacial score (nSPS) is 10.5. The van der Waals surface area contributed by atoms with E-state index in [1.807, 2.05) is 0 Å². The zero-order valence-corrected chi connectivity index (χ0v) is 12.3. The van der Waals surface area contributed by atoms with Crippen LogP contribution in [0.5, 0.6) is 11.5 Å². The summed E-state index contributed by atoms with van der Waals surface area (Å²) in [5.41, 5.74) is 6.61. The summed E-state index contributed by atoms with van der Waals surface area (Å²) in [4.78, 5) is 26.5. The van der Waals surface area contributed by atoms with Gasteiger partial charge in [-0.3, -0.25) is 4.79 Å². The molecule has 6 heteroatoms. The fraction of sp³-hybridized carbons (Fsp3) is 0.0588. The number of aromatic amines is 1. The van der Waals surface area contributed by atoms with Crippen LogP contribution in [0.4, 0.5) is 0 Å². The molecule has 6 nitrogen and oxygen atoms in total. The Hall–Kier alpha value is -3.28. The number of ether oxygens (including phenoxy) is 2. The minimum Gasteiger partial charge on any atom is -0.497 e. The Morgan fingerprint density at radius 3 is 2.48 bits per heavy atom. The molecule has 0 spiro atoms. The predicted octanol–water partition coefficient (Wildman–Crippen LogP) is 2.49. The van der Waals surface area contributed by atoms with E-state index < -0.39 is 11.9 Å². The van der Waals surface area contributed by atoms with E-state index in [2.05, 4.69) is 4.98 Å². The van der Waals surface area contributed by atoms with E-state index in [9.17, 15) is 9.59 Å². The van der Waals surface area contributed by atoms with Crippen molar-refractivity contribution in [2.75, 3.05) is 7.11 Å². The fourth-order valence-electron chi connectivity index (χ4n) is 2.30. The molecule has 2 aromatic carbocycles. The van der Waals surface area contributed by atoms with E-state index in [4.69, 9.17) is 15.2 Å². The first kappa shape index (κ1) is 14.6. The second-order valence-corrected chi connectivity index (χ2v) is 4.86. The molecule has 0 saturated heterocycles. The predicted molar refractivity (Wildman–Crippen MR) is 84.8 cm³/mol. The number of rotatable bonds is 4. The van der Waals surface area contributed by atoms with Gasteiger partial charge in [-0.05, 0) is 36.4 Å². The standard InChI is InChI=1S/C17H14N2O4/c1-22-11-7-5-10(6-8-11)17(21)23-14-9-19-15-12(14)3-2-4-13(15)16(18)20/h2-9,19H,1H3,(H2,18,20). The maximum Gasteiger partial charge on any atom is 0.343 e. The average molecular weight is 310 g/mol. The summed E-state index contributed by atoms with van der Waals surface area (Å²) in [7, 11) is 1.55. The number of nitrogens with one attached hydrogen (secondary N) is 1. The number of benzene rings is 2. The molecule has 0 fully saturated rings. The third kappa shape index (κ3) is 2.74. The van der Waals surface area contributed by atoms with Crippen molar-refractivity contribution in [1.29, 1.82) is 0 Å². The molecule has 23 heavy (non-hydrogen) atoms. The van der Waals surface area contributed by atoms with Crippen LogP contribution >= 0.6 is 0 Å². The summed E-state index contributed by atoms with van der Waals surface area (Å²) in [6.07, 6.45) is 1.53. The highest BCUT2D eigenvalue weighted by atomic mass is 16.5. The summed E-state index contributed by atoms with van der Waals surface area (Å²) >= 11 is 0. The van der Waals surface area contributed by atoms with Crippen LogP contribution in [0.15, 0.2) is 48.7 Å². The molecule has 0 saturated carbocycles. The number of carbonyl (C=O) groups excluding carboxylic acids is 2. The molecule has 0 atom stereocenters. The van der Waals surface area contributed by atoms with Crippen molar-refractivity contribution in [2.24, 2.45) is 5.73 Å². The summed E-state index contributed by atoms with van der Waals surface area (Å²) < 4.78 is 10.4. The van der Waals surface area contributed by atoms with Gasteiger partial charge in [-0.2, -0.15) is 0 Å². The van der Waals surface area contributed by atoms with Gasteiger partial charge in [0.15, 0.2) is 5.75 Å². The molecule has 0 aliphatic heterocycles. The van der Waals surface area contributed by atoms with Gasteiger partial charge in [-0.15, -0.1) is 0 Å². The molecule has 1 aromatic heterocycles. The Kier molecular flexibility index (Phi) is 3.72. The van der Waals surface area contributed by atoms with E-state index in [1.54, 1.807) is 49.6 Å².